The molecule has 1 aromatic rings. The van der Waals surface area contributed by atoms with Gasteiger partial charge in [-0.15, -0.1) is 0 Å². The second-order valence-electron chi connectivity index (χ2n) is 4.96. The van der Waals surface area contributed by atoms with E-state index < -0.39 is 5.82 Å². The third-order valence-electron chi connectivity index (χ3n) is 3.60. The Hall–Kier alpha value is -0.940. The molecule has 19 heavy (non-hydrogen) atoms. The molecule has 1 aliphatic rings. The number of piperidine rings is 1. The van der Waals surface area contributed by atoms with Crippen molar-refractivity contribution in [2.45, 2.75) is 25.3 Å². The van der Waals surface area contributed by atoms with Crippen molar-refractivity contribution in [2.75, 3.05) is 20.1 Å². The van der Waals surface area contributed by atoms with Crippen LogP contribution in [-0.2, 0) is 0 Å². The fraction of sp³-hybridized carbons (Fsp3) is 0.500. The number of rotatable bonds is 3. The van der Waals surface area contributed by atoms with Gasteiger partial charge < -0.3 is 10.2 Å². The zero-order valence-corrected chi connectivity index (χ0v) is 12.5. The number of carbonyl (C=O) groups is 1. The van der Waals surface area contributed by atoms with E-state index in [4.69, 9.17) is 0 Å². The summed E-state index contributed by atoms with van der Waals surface area (Å²) in [5, 5.41) is 2.82. The highest BCUT2D eigenvalue weighted by Gasteiger charge is 2.20. The minimum atomic E-state index is -0.496. The van der Waals surface area contributed by atoms with Gasteiger partial charge in [-0.2, -0.15) is 0 Å². The smallest absolute Gasteiger partial charge is 0.254 e. The quantitative estimate of drug-likeness (QED) is 0.925. The molecule has 1 saturated heterocycles. The first kappa shape index (κ1) is 14.5. The number of hydrogen-bond acceptors (Lipinski definition) is 2. The summed E-state index contributed by atoms with van der Waals surface area (Å²) in [5.41, 5.74) is 0.0988. The molecule has 104 valence electrons. The second-order valence-corrected chi connectivity index (χ2v) is 5.88. The average molecular weight is 329 g/mol. The summed E-state index contributed by atoms with van der Waals surface area (Å²) in [7, 11) is 2.07. The van der Waals surface area contributed by atoms with E-state index in [1.807, 2.05) is 0 Å². The summed E-state index contributed by atoms with van der Waals surface area (Å²) < 4.78 is 14.3. The van der Waals surface area contributed by atoms with E-state index in [0.29, 0.717) is 17.1 Å². The first-order valence-electron chi connectivity index (χ1n) is 6.51. The molecule has 1 fully saturated rings. The van der Waals surface area contributed by atoms with Gasteiger partial charge in [0.1, 0.15) is 5.82 Å². The van der Waals surface area contributed by atoms with Crippen LogP contribution in [0.5, 0.6) is 0 Å². The molecule has 1 N–H and O–H groups in total. The lowest BCUT2D eigenvalue weighted by atomic mass is 10.0. The Balaban J connectivity index is 1.93. The van der Waals surface area contributed by atoms with Gasteiger partial charge in [0.25, 0.3) is 5.91 Å². The Morgan fingerprint density at radius 2 is 2.32 bits per heavy atom. The maximum Gasteiger partial charge on any atom is 0.254 e. The van der Waals surface area contributed by atoms with Gasteiger partial charge in [0.15, 0.2) is 0 Å². The summed E-state index contributed by atoms with van der Waals surface area (Å²) in [6, 6.07) is 4.84. The Kier molecular flexibility index (Phi) is 4.93. The van der Waals surface area contributed by atoms with Gasteiger partial charge in [0.05, 0.1) is 5.56 Å². The van der Waals surface area contributed by atoms with Crippen LogP contribution in [-0.4, -0.2) is 37.0 Å². The molecule has 2 rings (SSSR count). The topological polar surface area (TPSA) is 32.3 Å². The molecule has 0 aromatic heterocycles. The van der Waals surface area contributed by atoms with E-state index in [2.05, 4.69) is 33.2 Å². The predicted molar refractivity (Wildman–Crippen MR) is 76.7 cm³/mol. The predicted octanol–water partition coefficient (Wildman–Crippen LogP) is 2.80. The number of likely N-dealkylation sites (N-methyl/N-ethyl adjacent to an activating group) is 1. The highest BCUT2D eigenvalue weighted by Crippen LogP contribution is 2.16. The van der Waals surface area contributed by atoms with Crippen LogP contribution < -0.4 is 5.32 Å². The van der Waals surface area contributed by atoms with Crippen molar-refractivity contribution >= 4 is 21.8 Å². The van der Waals surface area contributed by atoms with Gasteiger partial charge in [0.2, 0.25) is 0 Å². The number of carbonyl (C=O) groups excluding carboxylic acids is 1. The maximum atomic E-state index is 13.6. The van der Waals surface area contributed by atoms with Crippen molar-refractivity contribution in [3.05, 3.63) is 34.1 Å². The Labute approximate surface area is 121 Å². The molecule has 1 amide bonds. The largest absolute Gasteiger partial charge is 0.350 e. The van der Waals surface area contributed by atoms with E-state index in [0.717, 1.165) is 13.0 Å². The first-order chi connectivity index (χ1) is 9.08. The van der Waals surface area contributed by atoms with Crippen LogP contribution in [0.25, 0.3) is 0 Å². The fourth-order valence-corrected chi connectivity index (χ4v) is 2.71. The third-order valence-corrected chi connectivity index (χ3v) is 4.09. The van der Waals surface area contributed by atoms with Gasteiger partial charge >= 0.3 is 0 Å². The Bertz CT molecular complexity index is 467. The van der Waals surface area contributed by atoms with E-state index in [1.165, 1.54) is 25.0 Å². The molecule has 3 nitrogen and oxygen atoms in total. The SMILES string of the molecule is CN1CCCCC1CNC(=O)c1ccc(Br)cc1F. The summed E-state index contributed by atoms with van der Waals surface area (Å²) in [4.78, 5) is 14.2. The lowest BCUT2D eigenvalue weighted by molar-refractivity contribution is 0.0924. The molecule has 1 atom stereocenters. The number of halogens is 2. The van der Waals surface area contributed by atoms with Crippen molar-refractivity contribution in [2.24, 2.45) is 0 Å². The molecule has 0 radical (unpaired) electrons. The molecular weight excluding hydrogens is 311 g/mol. The monoisotopic (exact) mass is 328 g/mol. The minimum absolute atomic E-state index is 0.0988. The molecular formula is C14H18BrFN2O. The van der Waals surface area contributed by atoms with E-state index in [1.54, 1.807) is 6.07 Å². The molecule has 1 aromatic carbocycles. The lowest BCUT2D eigenvalue weighted by Gasteiger charge is -2.32. The van der Waals surface area contributed by atoms with Gasteiger partial charge in [0, 0.05) is 17.1 Å². The van der Waals surface area contributed by atoms with Crippen LogP contribution in [0, 0.1) is 5.82 Å². The van der Waals surface area contributed by atoms with Crippen LogP contribution >= 0.6 is 15.9 Å². The van der Waals surface area contributed by atoms with Gasteiger partial charge in [-0.3, -0.25) is 4.79 Å². The third kappa shape index (κ3) is 3.76. The summed E-state index contributed by atoms with van der Waals surface area (Å²) in [6.45, 7) is 1.64. The van der Waals surface area contributed by atoms with Gasteiger partial charge in [-0.1, -0.05) is 22.4 Å². The Morgan fingerprint density at radius 3 is 3.00 bits per heavy atom. The molecule has 0 aliphatic carbocycles. The van der Waals surface area contributed by atoms with Crippen LogP contribution in [0.2, 0.25) is 0 Å². The normalized spacial score (nSPS) is 20.3. The molecule has 5 heteroatoms. The van der Waals surface area contributed by atoms with Crippen molar-refractivity contribution in [1.29, 1.82) is 0 Å². The summed E-state index contributed by atoms with van der Waals surface area (Å²) in [5.74, 6) is -0.840. The van der Waals surface area contributed by atoms with Gasteiger partial charge in [-0.05, 0) is 44.6 Å². The minimum Gasteiger partial charge on any atom is -0.350 e. The molecule has 1 unspecified atom stereocenters. The van der Waals surface area contributed by atoms with Crippen molar-refractivity contribution < 1.29 is 9.18 Å². The summed E-state index contributed by atoms with van der Waals surface area (Å²) >= 11 is 3.18. The van der Waals surface area contributed by atoms with Crippen molar-refractivity contribution in [3.8, 4) is 0 Å². The maximum absolute atomic E-state index is 13.6. The number of benzene rings is 1. The fourth-order valence-electron chi connectivity index (χ4n) is 2.38. The number of likely N-dealkylation sites (tertiary alicyclic amines) is 1. The zero-order chi connectivity index (χ0) is 13.8. The van der Waals surface area contributed by atoms with Crippen LogP contribution in [0.1, 0.15) is 29.6 Å². The Morgan fingerprint density at radius 1 is 1.53 bits per heavy atom. The van der Waals surface area contributed by atoms with E-state index in [-0.39, 0.29) is 11.5 Å². The van der Waals surface area contributed by atoms with Gasteiger partial charge in [-0.25, -0.2) is 4.39 Å². The lowest BCUT2D eigenvalue weighted by Crippen LogP contribution is -2.44. The highest BCUT2D eigenvalue weighted by atomic mass is 79.9. The average Bonchev–Trinajstić information content (AvgIpc) is 2.37. The molecule has 0 saturated carbocycles. The van der Waals surface area contributed by atoms with Crippen LogP contribution in [0.3, 0.4) is 0 Å². The summed E-state index contributed by atoms with van der Waals surface area (Å²) in [6.07, 6.45) is 3.49. The zero-order valence-electron chi connectivity index (χ0n) is 11.0. The molecule has 0 bridgehead atoms. The standard InChI is InChI=1S/C14H18BrFN2O/c1-18-7-3-2-4-11(18)9-17-14(19)12-6-5-10(15)8-13(12)16/h5-6,8,11H,2-4,7,9H2,1H3,(H,17,19). The molecule has 0 spiro atoms. The number of amides is 1. The van der Waals surface area contributed by atoms with Crippen LogP contribution in [0.15, 0.2) is 22.7 Å². The number of nitrogens with zero attached hydrogens (tertiary/aromatic N) is 1. The first-order valence-corrected chi connectivity index (χ1v) is 7.30. The van der Waals surface area contributed by atoms with Crippen molar-refractivity contribution in [1.82, 2.24) is 10.2 Å². The highest BCUT2D eigenvalue weighted by molar-refractivity contribution is 9.10. The van der Waals surface area contributed by atoms with E-state index in [9.17, 15) is 9.18 Å². The van der Waals surface area contributed by atoms with E-state index >= 15 is 0 Å². The number of hydrogen-bond donors (Lipinski definition) is 1. The second kappa shape index (κ2) is 6.48. The number of nitrogens with one attached hydrogen (secondary N) is 1. The van der Waals surface area contributed by atoms with Crippen molar-refractivity contribution in [3.63, 3.8) is 0 Å². The van der Waals surface area contributed by atoms with Crippen LogP contribution in [0.4, 0.5) is 4.39 Å². The molecule has 1 aliphatic heterocycles. The molecule has 1 heterocycles.